The molecule has 0 atom stereocenters. The molecule has 1 aromatic carbocycles. The highest BCUT2D eigenvalue weighted by atomic mass is 35.5. The maximum atomic E-state index is 6.07. The van der Waals surface area contributed by atoms with E-state index in [-0.39, 0.29) is 0 Å². The average Bonchev–Trinajstić information content (AvgIpc) is 2.33. The van der Waals surface area contributed by atoms with Crippen LogP contribution in [0.1, 0.15) is 5.56 Å². The minimum absolute atomic E-state index is 0.653. The van der Waals surface area contributed by atoms with Gasteiger partial charge in [0.1, 0.15) is 5.82 Å². The molecule has 0 spiro atoms. The molecule has 0 saturated heterocycles. The highest BCUT2D eigenvalue weighted by molar-refractivity contribution is 6.35. The van der Waals surface area contributed by atoms with Crippen molar-refractivity contribution in [2.24, 2.45) is 0 Å². The Labute approximate surface area is 110 Å². The van der Waals surface area contributed by atoms with E-state index in [9.17, 15) is 0 Å². The highest BCUT2D eigenvalue weighted by Crippen LogP contribution is 2.21. The number of anilines is 1. The molecular weight excluding hydrogens is 257 g/mol. The minimum Gasteiger partial charge on any atom is -0.368 e. The van der Waals surface area contributed by atoms with Crippen molar-refractivity contribution in [2.75, 3.05) is 11.9 Å². The molecule has 0 unspecified atom stereocenters. The molecule has 1 heterocycles. The van der Waals surface area contributed by atoms with E-state index in [1.54, 1.807) is 12.3 Å². The summed E-state index contributed by atoms with van der Waals surface area (Å²) < 4.78 is 0. The standard InChI is InChI=1S/C12H11Cl2N3/c13-10-4-3-9(11(14)8-10)5-7-15-12-2-1-6-16-17-12/h1-4,6,8H,5,7H2,(H,15,17). The van der Waals surface area contributed by atoms with Gasteiger partial charge in [0.25, 0.3) is 0 Å². The fourth-order valence-corrected chi connectivity index (χ4v) is 1.95. The first kappa shape index (κ1) is 12.1. The minimum atomic E-state index is 0.653. The zero-order valence-electron chi connectivity index (χ0n) is 9.03. The van der Waals surface area contributed by atoms with Crippen LogP contribution in [0, 0.1) is 0 Å². The van der Waals surface area contributed by atoms with Crippen molar-refractivity contribution in [1.29, 1.82) is 0 Å². The molecule has 0 amide bonds. The Kier molecular flexibility index (Phi) is 4.18. The van der Waals surface area contributed by atoms with E-state index in [2.05, 4.69) is 15.5 Å². The van der Waals surface area contributed by atoms with Crippen molar-refractivity contribution in [3.8, 4) is 0 Å². The molecule has 17 heavy (non-hydrogen) atoms. The van der Waals surface area contributed by atoms with Crippen LogP contribution in [0.2, 0.25) is 10.0 Å². The van der Waals surface area contributed by atoms with E-state index in [0.29, 0.717) is 10.0 Å². The third-order valence-corrected chi connectivity index (χ3v) is 2.87. The van der Waals surface area contributed by atoms with E-state index in [4.69, 9.17) is 23.2 Å². The second-order valence-corrected chi connectivity index (χ2v) is 4.37. The Bertz CT molecular complexity index is 488. The van der Waals surface area contributed by atoms with E-state index in [1.165, 1.54) is 0 Å². The average molecular weight is 268 g/mol. The highest BCUT2D eigenvalue weighted by Gasteiger charge is 2.01. The third-order valence-electron chi connectivity index (χ3n) is 2.29. The maximum absolute atomic E-state index is 6.07. The second kappa shape index (κ2) is 5.84. The van der Waals surface area contributed by atoms with Crippen molar-refractivity contribution in [3.63, 3.8) is 0 Å². The molecule has 2 rings (SSSR count). The predicted molar refractivity (Wildman–Crippen MR) is 70.7 cm³/mol. The van der Waals surface area contributed by atoms with Crippen LogP contribution in [0.15, 0.2) is 36.5 Å². The number of hydrogen-bond acceptors (Lipinski definition) is 3. The lowest BCUT2D eigenvalue weighted by atomic mass is 10.1. The summed E-state index contributed by atoms with van der Waals surface area (Å²) in [5.74, 6) is 0.762. The zero-order chi connectivity index (χ0) is 12.1. The lowest BCUT2D eigenvalue weighted by Gasteiger charge is -2.06. The molecule has 2 aromatic rings. The molecule has 5 heteroatoms. The van der Waals surface area contributed by atoms with Gasteiger partial charge in [-0.15, -0.1) is 5.10 Å². The fourth-order valence-electron chi connectivity index (χ4n) is 1.45. The van der Waals surface area contributed by atoms with Crippen LogP contribution in [0.25, 0.3) is 0 Å². The van der Waals surface area contributed by atoms with Crippen LogP contribution in [0.3, 0.4) is 0 Å². The van der Waals surface area contributed by atoms with Crippen LogP contribution in [0.5, 0.6) is 0 Å². The monoisotopic (exact) mass is 267 g/mol. The summed E-state index contributed by atoms with van der Waals surface area (Å²) in [6, 6.07) is 9.23. The van der Waals surface area contributed by atoms with Gasteiger partial charge < -0.3 is 5.32 Å². The lowest BCUT2D eigenvalue weighted by molar-refractivity contribution is 0.967. The van der Waals surface area contributed by atoms with Crippen molar-refractivity contribution in [2.45, 2.75) is 6.42 Å². The van der Waals surface area contributed by atoms with Gasteiger partial charge in [-0.2, -0.15) is 5.10 Å². The van der Waals surface area contributed by atoms with Gasteiger partial charge in [0.05, 0.1) is 0 Å². The number of benzene rings is 1. The summed E-state index contributed by atoms with van der Waals surface area (Å²) >= 11 is 11.9. The van der Waals surface area contributed by atoms with E-state index in [1.807, 2.05) is 24.3 Å². The lowest BCUT2D eigenvalue weighted by Crippen LogP contribution is -2.06. The summed E-state index contributed by atoms with van der Waals surface area (Å²) in [6.07, 6.45) is 2.45. The number of aromatic nitrogens is 2. The first-order chi connectivity index (χ1) is 8.25. The molecule has 3 nitrogen and oxygen atoms in total. The van der Waals surface area contributed by atoms with Gasteiger partial charge >= 0.3 is 0 Å². The van der Waals surface area contributed by atoms with E-state index < -0.39 is 0 Å². The molecule has 1 aromatic heterocycles. The van der Waals surface area contributed by atoms with Crippen LogP contribution in [-0.2, 0) is 6.42 Å². The van der Waals surface area contributed by atoms with Gasteiger partial charge in [0.15, 0.2) is 0 Å². The molecule has 0 bridgehead atoms. The molecule has 0 aliphatic carbocycles. The molecule has 0 aliphatic heterocycles. The SMILES string of the molecule is Clc1ccc(CCNc2cccnn2)c(Cl)c1. The Morgan fingerprint density at radius 3 is 2.76 bits per heavy atom. The Morgan fingerprint density at radius 1 is 1.18 bits per heavy atom. The molecule has 0 aliphatic rings. The summed E-state index contributed by atoms with van der Waals surface area (Å²) in [5, 5.41) is 12.2. The largest absolute Gasteiger partial charge is 0.368 e. The summed E-state index contributed by atoms with van der Waals surface area (Å²) in [4.78, 5) is 0. The van der Waals surface area contributed by atoms with Crippen LogP contribution >= 0.6 is 23.2 Å². The number of nitrogens with one attached hydrogen (secondary N) is 1. The normalized spacial score (nSPS) is 10.2. The predicted octanol–water partition coefficient (Wildman–Crippen LogP) is 3.44. The zero-order valence-corrected chi connectivity index (χ0v) is 10.5. The van der Waals surface area contributed by atoms with Gasteiger partial charge in [-0.25, -0.2) is 0 Å². The first-order valence-electron chi connectivity index (χ1n) is 5.21. The van der Waals surface area contributed by atoms with Crippen LogP contribution in [0.4, 0.5) is 5.82 Å². The number of rotatable bonds is 4. The summed E-state index contributed by atoms with van der Waals surface area (Å²) in [7, 11) is 0. The molecule has 1 N–H and O–H groups in total. The molecule has 88 valence electrons. The van der Waals surface area contributed by atoms with Gasteiger partial charge in [0, 0.05) is 22.8 Å². The quantitative estimate of drug-likeness (QED) is 0.923. The topological polar surface area (TPSA) is 37.8 Å². The van der Waals surface area contributed by atoms with Crippen molar-refractivity contribution < 1.29 is 0 Å². The summed E-state index contributed by atoms with van der Waals surface area (Å²) in [6.45, 7) is 0.750. The molecule has 0 fully saturated rings. The number of hydrogen-bond donors (Lipinski definition) is 1. The smallest absolute Gasteiger partial charge is 0.148 e. The first-order valence-corrected chi connectivity index (χ1v) is 5.97. The Morgan fingerprint density at radius 2 is 2.06 bits per heavy atom. The second-order valence-electron chi connectivity index (χ2n) is 3.52. The number of nitrogens with zero attached hydrogens (tertiary/aromatic N) is 2. The van der Waals surface area contributed by atoms with E-state index >= 15 is 0 Å². The Balaban J connectivity index is 1.90. The van der Waals surface area contributed by atoms with Crippen molar-refractivity contribution in [3.05, 3.63) is 52.1 Å². The third kappa shape index (κ3) is 3.58. The Hall–Kier alpha value is -1.32. The maximum Gasteiger partial charge on any atom is 0.148 e. The van der Waals surface area contributed by atoms with Gasteiger partial charge in [-0.3, -0.25) is 0 Å². The van der Waals surface area contributed by atoms with Crippen LogP contribution < -0.4 is 5.32 Å². The number of halogens is 2. The molecule has 0 saturated carbocycles. The van der Waals surface area contributed by atoms with Crippen molar-refractivity contribution >= 4 is 29.0 Å². The van der Waals surface area contributed by atoms with Gasteiger partial charge in [-0.1, -0.05) is 29.3 Å². The fraction of sp³-hybridized carbons (Fsp3) is 0.167. The molecular formula is C12H11Cl2N3. The van der Waals surface area contributed by atoms with E-state index in [0.717, 1.165) is 24.3 Å². The summed E-state index contributed by atoms with van der Waals surface area (Å²) in [5.41, 5.74) is 1.06. The molecule has 0 radical (unpaired) electrons. The van der Waals surface area contributed by atoms with Crippen molar-refractivity contribution in [1.82, 2.24) is 10.2 Å². The van der Waals surface area contributed by atoms with Gasteiger partial charge in [-0.05, 0) is 36.2 Å². The van der Waals surface area contributed by atoms with Gasteiger partial charge in [0.2, 0.25) is 0 Å². The van der Waals surface area contributed by atoms with Crippen LogP contribution in [-0.4, -0.2) is 16.7 Å².